The summed E-state index contributed by atoms with van der Waals surface area (Å²) in [6.07, 6.45) is 0.931. The summed E-state index contributed by atoms with van der Waals surface area (Å²) in [7, 11) is 0. The Balaban J connectivity index is 1.64. The average Bonchev–Trinajstić information content (AvgIpc) is 3.13. The minimum atomic E-state index is 0.0528. The minimum absolute atomic E-state index is 0.0528. The van der Waals surface area contributed by atoms with Crippen LogP contribution in [-0.4, -0.2) is 11.2 Å². The Kier molecular flexibility index (Phi) is 4.46. The van der Waals surface area contributed by atoms with Crippen molar-refractivity contribution in [3.05, 3.63) is 95.6 Å². The Morgan fingerprint density at radius 1 is 0.649 bits per heavy atom. The molecule has 0 saturated heterocycles. The summed E-state index contributed by atoms with van der Waals surface area (Å²) >= 11 is 0. The van der Waals surface area contributed by atoms with Crippen LogP contribution in [0.2, 0.25) is 0 Å². The lowest BCUT2D eigenvalue weighted by Crippen LogP contribution is -2.42. The zero-order chi connectivity index (χ0) is 25.7. The van der Waals surface area contributed by atoms with Crippen molar-refractivity contribution in [2.45, 2.75) is 58.8 Å². The number of fused-ring (bicyclic) bond motifs is 7. The molecule has 4 aromatic carbocycles. The molecule has 0 unspecified atom stereocenters. The highest BCUT2D eigenvalue weighted by Crippen LogP contribution is 2.62. The summed E-state index contributed by atoms with van der Waals surface area (Å²) in [4.78, 5) is 0. The van der Waals surface area contributed by atoms with Gasteiger partial charge in [-0.3, -0.25) is 0 Å². The summed E-state index contributed by atoms with van der Waals surface area (Å²) in [5, 5.41) is 2.61. The molecule has 0 spiro atoms. The molecule has 2 nitrogen and oxygen atoms in total. The SMILES string of the molecule is CC1(C)c2cc3c4cc5c(cc4n(-c4ccccc4)c3cc2C(C)(C)C1(C)C)OCCc1ccccc1-5. The summed E-state index contributed by atoms with van der Waals surface area (Å²) in [6.45, 7) is 15.3. The second kappa shape index (κ2) is 7.28. The van der Waals surface area contributed by atoms with Gasteiger partial charge in [0.2, 0.25) is 0 Å². The minimum Gasteiger partial charge on any atom is -0.493 e. The highest BCUT2D eigenvalue weighted by atomic mass is 16.5. The van der Waals surface area contributed by atoms with Crippen LogP contribution in [0.4, 0.5) is 0 Å². The van der Waals surface area contributed by atoms with Gasteiger partial charge in [0.05, 0.1) is 17.6 Å². The first kappa shape index (κ1) is 22.7. The predicted octanol–water partition coefficient (Wildman–Crippen LogP) is 8.98. The van der Waals surface area contributed by atoms with Gasteiger partial charge in [0.25, 0.3) is 0 Å². The second-order valence-corrected chi connectivity index (χ2v) is 12.6. The van der Waals surface area contributed by atoms with Crippen LogP contribution < -0.4 is 4.74 Å². The lowest BCUT2D eigenvalue weighted by molar-refractivity contribution is 0.125. The Labute approximate surface area is 219 Å². The van der Waals surface area contributed by atoms with E-state index in [0.717, 1.165) is 12.2 Å². The number of nitrogens with zero attached hydrogens (tertiary/aromatic N) is 1. The summed E-state index contributed by atoms with van der Waals surface area (Å²) < 4.78 is 8.83. The Bertz CT molecular complexity index is 1720. The number of para-hydroxylation sites is 1. The molecule has 0 bridgehead atoms. The molecule has 0 radical (unpaired) electrons. The second-order valence-electron chi connectivity index (χ2n) is 12.6. The highest BCUT2D eigenvalue weighted by Gasteiger charge is 2.57. The quantitative estimate of drug-likeness (QED) is 0.231. The van der Waals surface area contributed by atoms with Gasteiger partial charge in [-0.25, -0.2) is 0 Å². The first-order valence-electron chi connectivity index (χ1n) is 13.6. The lowest BCUT2D eigenvalue weighted by Gasteiger charge is -2.44. The van der Waals surface area contributed by atoms with E-state index >= 15 is 0 Å². The van der Waals surface area contributed by atoms with E-state index in [1.165, 1.54) is 55.3 Å². The largest absolute Gasteiger partial charge is 0.493 e. The summed E-state index contributed by atoms with van der Waals surface area (Å²) in [5.41, 5.74) is 10.7. The highest BCUT2D eigenvalue weighted by molar-refractivity contribution is 6.12. The Hall–Kier alpha value is -3.52. The van der Waals surface area contributed by atoms with Crippen LogP contribution in [0.15, 0.2) is 78.9 Å². The Morgan fingerprint density at radius 2 is 1.27 bits per heavy atom. The molecule has 0 amide bonds. The number of rotatable bonds is 1. The molecular weight excluding hydrogens is 450 g/mol. The molecule has 37 heavy (non-hydrogen) atoms. The van der Waals surface area contributed by atoms with Crippen LogP contribution in [0.5, 0.6) is 5.75 Å². The predicted molar refractivity (Wildman–Crippen MR) is 155 cm³/mol. The van der Waals surface area contributed by atoms with Crippen molar-refractivity contribution in [3.8, 4) is 22.6 Å². The van der Waals surface area contributed by atoms with E-state index in [2.05, 4.69) is 125 Å². The molecule has 5 aromatic rings. The molecule has 1 aromatic heterocycles. The van der Waals surface area contributed by atoms with E-state index in [4.69, 9.17) is 4.74 Å². The van der Waals surface area contributed by atoms with Crippen molar-refractivity contribution in [3.63, 3.8) is 0 Å². The van der Waals surface area contributed by atoms with E-state index < -0.39 is 0 Å². The topological polar surface area (TPSA) is 14.2 Å². The zero-order valence-corrected chi connectivity index (χ0v) is 22.8. The standard InChI is InChI=1S/C35H35NO/c1-33(2)28-19-26-25-18-27-24-15-11-10-12-22(24)16-17-37-32(27)21-31(25)36(23-13-8-7-9-14-23)30(26)20-29(28)34(3,4)35(33,5)6/h7-15,18-21H,16-17H2,1-6H3. The van der Waals surface area contributed by atoms with Gasteiger partial charge in [-0.05, 0) is 68.8 Å². The van der Waals surface area contributed by atoms with E-state index in [9.17, 15) is 0 Å². The molecule has 0 fully saturated rings. The van der Waals surface area contributed by atoms with Gasteiger partial charge in [0.1, 0.15) is 5.75 Å². The number of hydrogen-bond donors (Lipinski definition) is 0. The zero-order valence-electron chi connectivity index (χ0n) is 22.8. The first-order valence-corrected chi connectivity index (χ1v) is 13.6. The number of hydrogen-bond acceptors (Lipinski definition) is 1. The molecule has 0 atom stereocenters. The number of aromatic nitrogens is 1. The van der Waals surface area contributed by atoms with Gasteiger partial charge in [-0.1, -0.05) is 84.0 Å². The fraction of sp³-hybridized carbons (Fsp3) is 0.314. The summed E-state index contributed by atoms with van der Waals surface area (Å²) in [5.74, 6) is 0.978. The Morgan fingerprint density at radius 3 is 2.03 bits per heavy atom. The maximum Gasteiger partial charge on any atom is 0.129 e. The third-order valence-electron chi connectivity index (χ3n) is 10.4. The fourth-order valence-corrected chi connectivity index (χ4v) is 7.03. The third kappa shape index (κ3) is 2.82. The number of benzene rings is 4. The van der Waals surface area contributed by atoms with Gasteiger partial charge in [-0.15, -0.1) is 0 Å². The smallest absolute Gasteiger partial charge is 0.129 e. The molecule has 2 heteroatoms. The molecule has 1 aliphatic carbocycles. The molecule has 186 valence electrons. The molecular formula is C35H35NO. The van der Waals surface area contributed by atoms with E-state index in [-0.39, 0.29) is 16.2 Å². The fourth-order valence-electron chi connectivity index (χ4n) is 7.03. The normalized spacial score (nSPS) is 18.6. The van der Waals surface area contributed by atoms with Crippen LogP contribution in [0.25, 0.3) is 38.6 Å². The van der Waals surface area contributed by atoms with Gasteiger partial charge in [-0.2, -0.15) is 0 Å². The van der Waals surface area contributed by atoms with Crippen molar-refractivity contribution in [2.75, 3.05) is 6.61 Å². The summed E-state index contributed by atoms with van der Waals surface area (Å²) in [6, 6.07) is 29.2. The van der Waals surface area contributed by atoms with Crippen molar-refractivity contribution in [1.29, 1.82) is 0 Å². The molecule has 2 heterocycles. The van der Waals surface area contributed by atoms with Crippen LogP contribution in [0, 0.1) is 5.41 Å². The number of ether oxygens (including phenoxy) is 1. The van der Waals surface area contributed by atoms with E-state index in [0.29, 0.717) is 6.61 Å². The van der Waals surface area contributed by atoms with Crippen molar-refractivity contribution < 1.29 is 4.74 Å². The molecule has 0 saturated carbocycles. The van der Waals surface area contributed by atoms with Crippen molar-refractivity contribution in [2.24, 2.45) is 5.41 Å². The van der Waals surface area contributed by atoms with Crippen LogP contribution in [0.1, 0.15) is 58.2 Å². The third-order valence-corrected chi connectivity index (χ3v) is 10.4. The monoisotopic (exact) mass is 485 g/mol. The van der Waals surface area contributed by atoms with E-state index in [1.54, 1.807) is 0 Å². The molecule has 1 aliphatic heterocycles. The maximum atomic E-state index is 6.39. The van der Waals surface area contributed by atoms with Gasteiger partial charge >= 0.3 is 0 Å². The van der Waals surface area contributed by atoms with Crippen molar-refractivity contribution in [1.82, 2.24) is 4.57 Å². The van der Waals surface area contributed by atoms with Crippen LogP contribution >= 0.6 is 0 Å². The van der Waals surface area contributed by atoms with Crippen LogP contribution in [-0.2, 0) is 17.3 Å². The van der Waals surface area contributed by atoms with Crippen LogP contribution in [0.3, 0.4) is 0 Å². The molecule has 2 aliphatic rings. The average molecular weight is 486 g/mol. The van der Waals surface area contributed by atoms with Gasteiger partial charge < -0.3 is 9.30 Å². The van der Waals surface area contributed by atoms with Gasteiger partial charge in [0.15, 0.2) is 0 Å². The van der Waals surface area contributed by atoms with Gasteiger partial charge in [0, 0.05) is 34.5 Å². The molecule has 0 N–H and O–H groups in total. The first-order chi connectivity index (χ1) is 17.6. The maximum absolute atomic E-state index is 6.39. The lowest BCUT2D eigenvalue weighted by atomic mass is 9.59. The molecule has 7 rings (SSSR count). The van der Waals surface area contributed by atoms with Crippen molar-refractivity contribution >= 4 is 21.8 Å². The van der Waals surface area contributed by atoms with E-state index in [1.807, 2.05) is 0 Å².